The highest BCUT2D eigenvalue weighted by atomic mass is 32.2. The second kappa shape index (κ2) is 5.48. The molecule has 2 N–H and O–H groups in total. The summed E-state index contributed by atoms with van der Waals surface area (Å²) in [6.45, 7) is 2.20. The largest absolute Gasteiger partial charge is 0.481 e. The first-order chi connectivity index (χ1) is 9.63. The lowest BCUT2D eigenvalue weighted by Crippen LogP contribution is -2.32. The first-order valence-electron chi connectivity index (χ1n) is 6.97. The van der Waals surface area contributed by atoms with Crippen molar-refractivity contribution in [2.45, 2.75) is 36.6 Å². The molecule has 1 aliphatic rings. The van der Waals surface area contributed by atoms with Gasteiger partial charge in [0.2, 0.25) is 0 Å². The first kappa shape index (κ1) is 13.5. The molecular weight excluding hydrogens is 272 g/mol. The molecule has 3 atom stereocenters. The quantitative estimate of drug-likeness (QED) is 0.907. The fourth-order valence-corrected chi connectivity index (χ4v) is 4.32. The van der Waals surface area contributed by atoms with Crippen LogP contribution in [0.3, 0.4) is 0 Å². The Morgan fingerprint density at radius 2 is 2.20 bits per heavy atom. The number of thioether (sulfide) groups is 1. The van der Waals surface area contributed by atoms with Crippen LogP contribution in [0.5, 0.6) is 0 Å². The van der Waals surface area contributed by atoms with Gasteiger partial charge in [-0.3, -0.25) is 4.79 Å². The zero-order valence-corrected chi connectivity index (χ0v) is 12.2. The van der Waals surface area contributed by atoms with E-state index in [0.29, 0.717) is 5.92 Å². The summed E-state index contributed by atoms with van der Waals surface area (Å²) in [5.74, 6) is -0.345. The third-order valence-corrected chi connectivity index (χ3v) is 5.24. The van der Waals surface area contributed by atoms with Gasteiger partial charge in [-0.2, -0.15) is 0 Å². The van der Waals surface area contributed by atoms with E-state index >= 15 is 0 Å². The molecule has 0 aliphatic heterocycles. The fourth-order valence-electron chi connectivity index (χ4n) is 2.87. The van der Waals surface area contributed by atoms with Crippen LogP contribution in [-0.4, -0.2) is 26.3 Å². The highest BCUT2D eigenvalue weighted by molar-refractivity contribution is 7.99. The topological polar surface area (TPSA) is 66.0 Å². The van der Waals surface area contributed by atoms with E-state index in [1.807, 2.05) is 24.3 Å². The monoisotopic (exact) mass is 290 g/mol. The van der Waals surface area contributed by atoms with E-state index in [4.69, 9.17) is 0 Å². The minimum atomic E-state index is -0.675. The normalized spacial score (nSPS) is 26.8. The Bertz CT molecular complexity index is 592. The number of aliphatic carboxylic acids is 1. The second-order valence-corrected chi connectivity index (χ2v) is 6.81. The van der Waals surface area contributed by atoms with Crippen LogP contribution in [0.25, 0.3) is 11.0 Å². The molecule has 106 valence electrons. The summed E-state index contributed by atoms with van der Waals surface area (Å²) >= 11 is 1.58. The smallest absolute Gasteiger partial charge is 0.307 e. The van der Waals surface area contributed by atoms with Gasteiger partial charge in [0.1, 0.15) is 0 Å². The number of hydrogen-bond donors (Lipinski definition) is 2. The molecule has 2 aromatic rings. The van der Waals surface area contributed by atoms with E-state index in [-0.39, 0.29) is 11.2 Å². The van der Waals surface area contributed by atoms with Crippen LogP contribution in [0, 0.1) is 11.8 Å². The minimum absolute atomic E-state index is 0.108. The standard InChI is InChI=1S/C15H18N2O2S/c1-9-6-7-10(14(18)19)13(8-9)20-15-16-11-4-2-3-5-12(11)17-15/h2-5,9-10,13H,6-8H2,1H3,(H,16,17)(H,18,19). The van der Waals surface area contributed by atoms with Gasteiger partial charge in [-0.15, -0.1) is 0 Å². The molecule has 1 saturated carbocycles. The highest BCUT2D eigenvalue weighted by Gasteiger charge is 2.34. The van der Waals surface area contributed by atoms with Gasteiger partial charge in [-0.05, 0) is 37.3 Å². The maximum atomic E-state index is 11.4. The molecule has 4 nitrogen and oxygen atoms in total. The van der Waals surface area contributed by atoms with Crippen molar-refractivity contribution in [3.05, 3.63) is 24.3 Å². The maximum Gasteiger partial charge on any atom is 0.307 e. The number of carbonyl (C=O) groups is 1. The predicted molar refractivity (Wildman–Crippen MR) is 79.9 cm³/mol. The molecule has 0 spiro atoms. The number of H-pyrrole nitrogens is 1. The average Bonchev–Trinajstić information content (AvgIpc) is 2.80. The van der Waals surface area contributed by atoms with Crippen LogP contribution in [0.2, 0.25) is 0 Å². The summed E-state index contributed by atoms with van der Waals surface area (Å²) in [6, 6.07) is 7.89. The number of rotatable bonds is 3. The van der Waals surface area contributed by atoms with E-state index < -0.39 is 5.97 Å². The van der Waals surface area contributed by atoms with Crippen molar-refractivity contribution in [2.75, 3.05) is 0 Å². The summed E-state index contributed by atoms with van der Waals surface area (Å²) in [4.78, 5) is 19.2. The summed E-state index contributed by atoms with van der Waals surface area (Å²) in [5.41, 5.74) is 1.94. The number of aromatic amines is 1. The van der Waals surface area contributed by atoms with Crippen molar-refractivity contribution in [3.63, 3.8) is 0 Å². The minimum Gasteiger partial charge on any atom is -0.481 e. The van der Waals surface area contributed by atoms with Crippen molar-refractivity contribution in [3.8, 4) is 0 Å². The lowest BCUT2D eigenvalue weighted by atomic mass is 9.82. The van der Waals surface area contributed by atoms with E-state index in [2.05, 4.69) is 16.9 Å². The number of imidazole rings is 1. The zero-order valence-electron chi connectivity index (χ0n) is 11.4. The van der Waals surface area contributed by atoms with Crippen LogP contribution in [0.15, 0.2) is 29.4 Å². The molecule has 5 heteroatoms. The van der Waals surface area contributed by atoms with Gasteiger partial charge in [-0.1, -0.05) is 30.8 Å². The summed E-state index contributed by atoms with van der Waals surface area (Å²) in [6.07, 6.45) is 2.72. The van der Waals surface area contributed by atoms with Crippen LogP contribution < -0.4 is 0 Å². The SMILES string of the molecule is CC1CCC(C(=O)O)C(Sc2nc3ccccc3[nH]2)C1. The van der Waals surface area contributed by atoms with E-state index in [9.17, 15) is 9.90 Å². The first-order valence-corrected chi connectivity index (χ1v) is 7.85. The van der Waals surface area contributed by atoms with Gasteiger partial charge >= 0.3 is 5.97 Å². The molecule has 3 rings (SSSR count). The van der Waals surface area contributed by atoms with Crippen LogP contribution >= 0.6 is 11.8 Å². The average molecular weight is 290 g/mol. The van der Waals surface area contributed by atoms with E-state index in [0.717, 1.165) is 35.5 Å². The number of hydrogen-bond acceptors (Lipinski definition) is 3. The molecular formula is C15H18N2O2S. The van der Waals surface area contributed by atoms with Crippen molar-refractivity contribution < 1.29 is 9.90 Å². The van der Waals surface area contributed by atoms with Crippen molar-refractivity contribution in [2.24, 2.45) is 11.8 Å². The number of carboxylic acid groups (broad SMARTS) is 1. The van der Waals surface area contributed by atoms with E-state index in [1.165, 1.54) is 0 Å². The predicted octanol–water partition coefficient (Wildman–Crippen LogP) is 3.54. The molecule has 1 fully saturated rings. The number of fused-ring (bicyclic) bond motifs is 1. The molecule has 1 aromatic heterocycles. The third-order valence-electron chi connectivity index (χ3n) is 4.00. The molecule has 1 heterocycles. The molecule has 0 amide bonds. The Morgan fingerprint density at radius 1 is 1.40 bits per heavy atom. The van der Waals surface area contributed by atoms with Gasteiger partial charge in [-0.25, -0.2) is 4.98 Å². The van der Waals surface area contributed by atoms with Crippen molar-refractivity contribution >= 4 is 28.8 Å². The molecule has 20 heavy (non-hydrogen) atoms. The number of para-hydroxylation sites is 2. The molecule has 3 unspecified atom stereocenters. The zero-order chi connectivity index (χ0) is 14.1. The number of nitrogens with zero attached hydrogens (tertiary/aromatic N) is 1. The number of nitrogens with one attached hydrogen (secondary N) is 1. The lowest BCUT2D eigenvalue weighted by Gasteiger charge is -2.31. The number of aromatic nitrogens is 2. The van der Waals surface area contributed by atoms with Crippen molar-refractivity contribution in [1.29, 1.82) is 0 Å². The van der Waals surface area contributed by atoms with Crippen LogP contribution in [-0.2, 0) is 4.79 Å². The lowest BCUT2D eigenvalue weighted by molar-refractivity contribution is -0.142. The fraction of sp³-hybridized carbons (Fsp3) is 0.467. The Hall–Kier alpha value is -1.49. The Kier molecular flexibility index (Phi) is 3.70. The van der Waals surface area contributed by atoms with E-state index in [1.54, 1.807) is 11.8 Å². The molecule has 0 radical (unpaired) electrons. The highest BCUT2D eigenvalue weighted by Crippen LogP contribution is 2.39. The number of carboxylic acids is 1. The van der Waals surface area contributed by atoms with Gasteiger partial charge in [0, 0.05) is 5.25 Å². The van der Waals surface area contributed by atoms with Gasteiger partial charge in [0.25, 0.3) is 0 Å². The van der Waals surface area contributed by atoms with Gasteiger partial charge in [0.15, 0.2) is 5.16 Å². The second-order valence-electron chi connectivity index (χ2n) is 5.58. The third kappa shape index (κ3) is 2.68. The van der Waals surface area contributed by atoms with Crippen molar-refractivity contribution in [1.82, 2.24) is 9.97 Å². The summed E-state index contributed by atoms with van der Waals surface area (Å²) < 4.78 is 0. The maximum absolute atomic E-state index is 11.4. The summed E-state index contributed by atoms with van der Waals surface area (Å²) in [5, 5.41) is 10.3. The molecule has 0 saturated heterocycles. The van der Waals surface area contributed by atoms with Gasteiger partial charge < -0.3 is 10.1 Å². The Balaban J connectivity index is 1.81. The van der Waals surface area contributed by atoms with Crippen LogP contribution in [0.1, 0.15) is 26.2 Å². The molecule has 1 aromatic carbocycles. The molecule has 0 bridgehead atoms. The Morgan fingerprint density at radius 3 is 2.95 bits per heavy atom. The van der Waals surface area contributed by atoms with Gasteiger partial charge in [0.05, 0.1) is 17.0 Å². The molecule has 1 aliphatic carbocycles. The summed E-state index contributed by atoms with van der Waals surface area (Å²) in [7, 11) is 0. The Labute approximate surface area is 122 Å². The number of benzene rings is 1. The van der Waals surface area contributed by atoms with Crippen LogP contribution in [0.4, 0.5) is 0 Å².